The zero-order valence-corrected chi connectivity index (χ0v) is 6.50. The lowest BCUT2D eigenvalue weighted by Gasteiger charge is -1.90. The molecule has 1 heterocycles. The van der Waals surface area contributed by atoms with E-state index in [2.05, 4.69) is 9.84 Å². The van der Waals surface area contributed by atoms with Crippen LogP contribution in [0.2, 0.25) is 0 Å². The van der Waals surface area contributed by atoms with Gasteiger partial charge in [-0.3, -0.25) is 10.1 Å². The molecule has 0 saturated carbocycles. The number of hydrogen-bond acceptors (Lipinski definition) is 5. The molecule has 0 fully saturated rings. The summed E-state index contributed by atoms with van der Waals surface area (Å²) in [5.41, 5.74) is -0.482. The van der Waals surface area contributed by atoms with Crippen LogP contribution in [-0.2, 0) is 0 Å². The first-order valence-corrected chi connectivity index (χ1v) is 3.07. The van der Waals surface area contributed by atoms with Gasteiger partial charge < -0.3 is 9.84 Å². The van der Waals surface area contributed by atoms with Crippen molar-refractivity contribution in [2.75, 3.05) is 7.11 Å². The maximum atomic E-state index is 10.3. The van der Waals surface area contributed by atoms with Gasteiger partial charge in [0.2, 0.25) is 0 Å². The molecule has 8 heteroatoms. The summed E-state index contributed by atoms with van der Waals surface area (Å²) in [5.74, 6) is -0.326. The predicted octanol–water partition coefficient (Wildman–Crippen LogP) is 0.326. The molecule has 0 bridgehead atoms. The van der Waals surface area contributed by atoms with Crippen molar-refractivity contribution in [2.45, 2.75) is 0 Å². The van der Waals surface area contributed by atoms with E-state index in [1.54, 1.807) is 0 Å². The van der Waals surface area contributed by atoms with Crippen LogP contribution < -0.4 is 4.74 Å². The van der Waals surface area contributed by atoms with Crippen LogP contribution in [0.5, 0.6) is 5.88 Å². The minimum atomic E-state index is -1.41. The molecule has 0 amide bonds. The molecule has 0 saturated heterocycles. The minimum absolute atomic E-state index is 0.326. The standard InChI is InChI=1S/C5H5N3O5/c1-13-4-3(8(11)12)2-7(6-4)5(9)10/h2H,1H3,(H,9,10). The van der Waals surface area contributed by atoms with Gasteiger partial charge in [0.15, 0.2) is 0 Å². The molecule has 0 spiro atoms. The quantitative estimate of drug-likeness (QED) is 0.527. The van der Waals surface area contributed by atoms with E-state index in [1.807, 2.05) is 0 Å². The SMILES string of the molecule is COc1nn(C(=O)O)cc1[N+](=O)[O-]. The van der Waals surface area contributed by atoms with Gasteiger partial charge in [-0.2, -0.15) is 4.68 Å². The van der Waals surface area contributed by atoms with E-state index in [0.29, 0.717) is 4.68 Å². The second-order valence-electron chi connectivity index (χ2n) is 2.01. The summed E-state index contributed by atoms with van der Waals surface area (Å²) in [7, 11) is 1.17. The fourth-order valence-corrected chi connectivity index (χ4v) is 0.718. The van der Waals surface area contributed by atoms with Crippen molar-refractivity contribution in [3.05, 3.63) is 16.3 Å². The maximum absolute atomic E-state index is 10.3. The van der Waals surface area contributed by atoms with Crippen molar-refractivity contribution in [1.82, 2.24) is 9.78 Å². The Hall–Kier alpha value is -2.12. The van der Waals surface area contributed by atoms with Crippen LogP contribution in [0, 0.1) is 10.1 Å². The van der Waals surface area contributed by atoms with E-state index in [0.717, 1.165) is 6.20 Å². The van der Waals surface area contributed by atoms with Crippen molar-refractivity contribution >= 4 is 11.8 Å². The maximum Gasteiger partial charge on any atom is 0.432 e. The Bertz CT molecular complexity index is 357. The number of rotatable bonds is 2. The molecule has 1 aromatic rings. The Morgan fingerprint density at radius 1 is 1.85 bits per heavy atom. The van der Waals surface area contributed by atoms with Gasteiger partial charge in [0, 0.05) is 0 Å². The molecule has 13 heavy (non-hydrogen) atoms. The molecule has 70 valence electrons. The van der Waals surface area contributed by atoms with E-state index >= 15 is 0 Å². The molecular formula is C5H5N3O5. The van der Waals surface area contributed by atoms with Crippen LogP contribution >= 0.6 is 0 Å². The highest BCUT2D eigenvalue weighted by Crippen LogP contribution is 2.23. The lowest BCUT2D eigenvalue weighted by molar-refractivity contribution is -0.385. The van der Waals surface area contributed by atoms with Crippen LogP contribution in [0.25, 0.3) is 0 Å². The highest BCUT2D eigenvalue weighted by atomic mass is 16.6. The van der Waals surface area contributed by atoms with Crippen molar-refractivity contribution in [1.29, 1.82) is 0 Å². The van der Waals surface area contributed by atoms with Crippen molar-refractivity contribution in [3.8, 4) is 5.88 Å². The van der Waals surface area contributed by atoms with Gasteiger partial charge in [-0.05, 0) is 0 Å². The Morgan fingerprint density at radius 2 is 2.46 bits per heavy atom. The van der Waals surface area contributed by atoms with Crippen molar-refractivity contribution in [3.63, 3.8) is 0 Å². The van der Waals surface area contributed by atoms with Gasteiger partial charge in [0.1, 0.15) is 6.20 Å². The van der Waals surface area contributed by atoms with Gasteiger partial charge in [-0.1, -0.05) is 0 Å². The van der Waals surface area contributed by atoms with Crippen LogP contribution in [0.1, 0.15) is 0 Å². The topological polar surface area (TPSA) is 107 Å². The van der Waals surface area contributed by atoms with Crippen molar-refractivity contribution < 1.29 is 19.6 Å². The highest BCUT2D eigenvalue weighted by molar-refractivity contribution is 5.68. The zero-order chi connectivity index (χ0) is 10.0. The number of nitro groups is 1. The summed E-state index contributed by atoms with van der Waals surface area (Å²) < 4.78 is 4.91. The summed E-state index contributed by atoms with van der Waals surface area (Å²) in [6.45, 7) is 0. The average molecular weight is 187 g/mol. The summed E-state index contributed by atoms with van der Waals surface area (Å²) in [5, 5.41) is 22.0. The molecule has 0 aliphatic rings. The average Bonchev–Trinajstić information content (AvgIpc) is 2.47. The summed E-state index contributed by atoms with van der Waals surface area (Å²) >= 11 is 0. The van der Waals surface area contributed by atoms with Gasteiger partial charge in [0.05, 0.1) is 12.0 Å². The summed E-state index contributed by atoms with van der Waals surface area (Å²) in [6.07, 6.45) is -0.646. The van der Waals surface area contributed by atoms with Gasteiger partial charge in [-0.15, -0.1) is 5.10 Å². The molecule has 1 rings (SSSR count). The smallest absolute Gasteiger partial charge is 0.432 e. The number of hydrogen-bond donors (Lipinski definition) is 1. The largest absolute Gasteiger partial charge is 0.475 e. The Labute approximate surface area is 71.5 Å². The molecule has 0 radical (unpaired) electrons. The first kappa shape index (κ1) is 8.97. The first-order chi connectivity index (χ1) is 6.06. The van der Waals surface area contributed by atoms with Crippen molar-refractivity contribution in [2.24, 2.45) is 0 Å². The fraction of sp³-hybridized carbons (Fsp3) is 0.200. The molecule has 0 atom stereocenters. The van der Waals surface area contributed by atoms with E-state index in [1.165, 1.54) is 7.11 Å². The molecular weight excluding hydrogens is 182 g/mol. The third-order valence-corrected chi connectivity index (χ3v) is 1.25. The number of methoxy groups -OCH3 is 1. The van der Waals surface area contributed by atoms with Gasteiger partial charge in [-0.25, -0.2) is 4.79 Å². The number of aromatic nitrogens is 2. The second-order valence-corrected chi connectivity index (χ2v) is 2.01. The molecule has 0 unspecified atom stereocenters. The normalized spacial score (nSPS) is 9.62. The molecule has 8 nitrogen and oxygen atoms in total. The molecule has 0 aromatic carbocycles. The Kier molecular flexibility index (Phi) is 2.13. The number of carboxylic acid groups (broad SMARTS) is 1. The summed E-state index contributed by atoms with van der Waals surface area (Å²) in [6, 6.07) is 0. The highest BCUT2D eigenvalue weighted by Gasteiger charge is 2.22. The molecule has 0 aliphatic heterocycles. The van der Waals surface area contributed by atoms with Crippen LogP contribution in [0.3, 0.4) is 0 Å². The van der Waals surface area contributed by atoms with Gasteiger partial charge >= 0.3 is 17.7 Å². The van der Waals surface area contributed by atoms with Gasteiger partial charge in [0.25, 0.3) is 0 Å². The molecule has 0 aliphatic carbocycles. The summed E-state index contributed by atoms with van der Waals surface area (Å²) in [4.78, 5) is 19.9. The van der Waals surface area contributed by atoms with E-state index < -0.39 is 16.7 Å². The lowest BCUT2D eigenvalue weighted by Crippen LogP contribution is -2.07. The van der Waals surface area contributed by atoms with Crippen LogP contribution in [0.4, 0.5) is 10.5 Å². The lowest BCUT2D eigenvalue weighted by atomic mass is 10.6. The Morgan fingerprint density at radius 3 is 2.77 bits per heavy atom. The second kappa shape index (κ2) is 3.09. The third-order valence-electron chi connectivity index (χ3n) is 1.25. The third kappa shape index (κ3) is 1.55. The molecule has 1 N–H and O–H groups in total. The number of nitrogens with zero attached hydrogens (tertiary/aromatic N) is 3. The number of ether oxygens (including phenoxy) is 1. The fourth-order valence-electron chi connectivity index (χ4n) is 0.718. The Balaban J connectivity index is 3.19. The van der Waals surface area contributed by atoms with E-state index in [4.69, 9.17) is 5.11 Å². The van der Waals surface area contributed by atoms with E-state index in [-0.39, 0.29) is 5.88 Å². The van der Waals surface area contributed by atoms with E-state index in [9.17, 15) is 14.9 Å². The predicted molar refractivity (Wildman–Crippen MR) is 38.9 cm³/mol. The van der Waals surface area contributed by atoms with Crippen LogP contribution in [-0.4, -0.2) is 33.0 Å². The zero-order valence-electron chi connectivity index (χ0n) is 6.50. The first-order valence-electron chi connectivity index (χ1n) is 3.07. The number of carbonyl (C=O) groups is 1. The minimum Gasteiger partial charge on any atom is -0.475 e. The molecule has 1 aromatic heterocycles. The van der Waals surface area contributed by atoms with Crippen LogP contribution in [0.15, 0.2) is 6.20 Å². The monoisotopic (exact) mass is 187 g/mol.